The first kappa shape index (κ1) is 8.22. The number of hydrogen-bond donors (Lipinski definition) is 1. The summed E-state index contributed by atoms with van der Waals surface area (Å²) in [5.41, 5.74) is 0.238. The highest BCUT2D eigenvalue weighted by molar-refractivity contribution is 5.92. The number of nitrogens with one attached hydrogen (secondary N) is 1. The third-order valence-corrected chi connectivity index (χ3v) is 2.09. The summed E-state index contributed by atoms with van der Waals surface area (Å²) in [5, 5.41) is 6.11. The zero-order valence-electron chi connectivity index (χ0n) is 6.87. The molecule has 4 nitrogen and oxygen atoms in total. The van der Waals surface area contributed by atoms with Crippen LogP contribution in [0, 0.1) is 0 Å². The molecule has 5 heteroatoms. The lowest BCUT2D eigenvalue weighted by Crippen LogP contribution is -2.45. The Hall–Kier alpha value is -1.39. The largest absolute Gasteiger partial charge is 0.364 e. The van der Waals surface area contributed by atoms with Crippen LogP contribution >= 0.6 is 0 Å². The van der Waals surface area contributed by atoms with E-state index in [0.717, 1.165) is 0 Å². The summed E-state index contributed by atoms with van der Waals surface area (Å²) in [6.07, 6.45) is 1.38. The predicted molar refractivity (Wildman–Crippen MR) is 41.9 cm³/mol. The molecule has 1 aliphatic carbocycles. The summed E-state index contributed by atoms with van der Waals surface area (Å²) in [6.45, 7) is 0. The molecule has 1 aromatic heterocycles. The van der Waals surface area contributed by atoms with Gasteiger partial charge in [0.2, 0.25) is 0 Å². The van der Waals surface area contributed by atoms with Crippen LogP contribution in [0.25, 0.3) is 0 Å². The molecule has 2 rings (SSSR count). The molecule has 0 atom stereocenters. The average Bonchev–Trinajstić information content (AvgIpc) is 2.53. The highest BCUT2D eigenvalue weighted by atomic mass is 19.1. The molecule has 1 aromatic rings. The Balaban J connectivity index is 1.86. The monoisotopic (exact) mass is 184 g/mol. The molecule has 1 saturated carbocycles. The van der Waals surface area contributed by atoms with Crippen molar-refractivity contribution in [1.29, 1.82) is 0 Å². The Labute approximate surface area is 74.1 Å². The van der Waals surface area contributed by atoms with E-state index in [1.807, 2.05) is 0 Å². The van der Waals surface area contributed by atoms with Crippen molar-refractivity contribution in [3.8, 4) is 0 Å². The summed E-state index contributed by atoms with van der Waals surface area (Å²) in [7, 11) is 0. The molecule has 0 aromatic carbocycles. The molecule has 1 amide bonds. The second-order valence-electron chi connectivity index (χ2n) is 3.12. The molecule has 0 radical (unpaired) electrons. The number of hydrogen-bond acceptors (Lipinski definition) is 3. The maximum absolute atomic E-state index is 12.4. The van der Waals surface area contributed by atoms with E-state index in [1.54, 1.807) is 0 Å². The molecule has 1 heterocycles. The molecule has 1 aliphatic rings. The minimum atomic E-state index is -0.761. The van der Waals surface area contributed by atoms with Crippen molar-refractivity contribution in [1.82, 2.24) is 10.5 Å². The number of halogens is 1. The van der Waals surface area contributed by atoms with E-state index < -0.39 is 6.17 Å². The van der Waals surface area contributed by atoms with Gasteiger partial charge in [0.05, 0.1) is 0 Å². The van der Waals surface area contributed by atoms with E-state index in [1.165, 1.54) is 12.3 Å². The number of nitrogens with zero attached hydrogens (tertiary/aromatic N) is 1. The Morgan fingerprint density at radius 3 is 3.00 bits per heavy atom. The van der Waals surface area contributed by atoms with Crippen molar-refractivity contribution in [3.63, 3.8) is 0 Å². The maximum atomic E-state index is 12.4. The summed E-state index contributed by atoms with van der Waals surface area (Å²) in [4.78, 5) is 11.3. The van der Waals surface area contributed by atoms with Gasteiger partial charge in [-0.25, -0.2) is 4.39 Å². The van der Waals surface area contributed by atoms with E-state index in [2.05, 4.69) is 15.0 Å². The predicted octanol–water partition coefficient (Wildman–Crippen LogP) is 0.905. The molecular formula is C8H9FN2O2. The van der Waals surface area contributed by atoms with Gasteiger partial charge >= 0.3 is 0 Å². The van der Waals surface area contributed by atoms with Gasteiger partial charge in [0, 0.05) is 12.1 Å². The fraction of sp³-hybridized carbons (Fsp3) is 0.500. The first-order chi connectivity index (χ1) is 6.25. The van der Waals surface area contributed by atoms with Gasteiger partial charge in [-0.2, -0.15) is 0 Å². The van der Waals surface area contributed by atoms with E-state index in [-0.39, 0.29) is 17.6 Å². The Morgan fingerprint density at radius 2 is 2.46 bits per heavy atom. The van der Waals surface area contributed by atoms with Gasteiger partial charge in [0.15, 0.2) is 5.69 Å². The fourth-order valence-corrected chi connectivity index (χ4v) is 1.26. The molecule has 0 aliphatic heterocycles. The standard InChI is InChI=1S/C8H9FN2O2/c9-5-3-6(4-5)10-8(12)7-1-2-13-11-7/h1-2,5-6H,3-4H2,(H,10,12)/t5-,6+. The van der Waals surface area contributed by atoms with Gasteiger partial charge in [0.1, 0.15) is 12.4 Å². The summed E-state index contributed by atoms with van der Waals surface area (Å²) >= 11 is 0. The van der Waals surface area contributed by atoms with Crippen LogP contribution < -0.4 is 5.32 Å². The van der Waals surface area contributed by atoms with Gasteiger partial charge in [-0.05, 0) is 12.8 Å². The number of carbonyl (C=O) groups excluding carboxylic acids is 1. The van der Waals surface area contributed by atoms with Crippen LogP contribution in [0.1, 0.15) is 23.3 Å². The van der Waals surface area contributed by atoms with E-state index in [0.29, 0.717) is 12.8 Å². The lowest BCUT2D eigenvalue weighted by Gasteiger charge is -2.29. The fourth-order valence-electron chi connectivity index (χ4n) is 1.26. The van der Waals surface area contributed by atoms with Crippen molar-refractivity contribution in [3.05, 3.63) is 18.0 Å². The topological polar surface area (TPSA) is 55.1 Å². The third-order valence-electron chi connectivity index (χ3n) is 2.09. The number of aromatic nitrogens is 1. The molecule has 1 fully saturated rings. The normalized spacial score (nSPS) is 26.5. The summed E-state index contributed by atoms with van der Waals surface area (Å²) in [6, 6.07) is 1.43. The van der Waals surface area contributed by atoms with Gasteiger partial charge in [-0.3, -0.25) is 4.79 Å². The van der Waals surface area contributed by atoms with Gasteiger partial charge in [0.25, 0.3) is 5.91 Å². The second-order valence-corrected chi connectivity index (χ2v) is 3.12. The Kier molecular flexibility index (Phi) is 2.00. The molecule has 0 saturated heterocycles. The molecule has 0 unspecified atom stereocenters. The van der Waals surface area contributed by atoms with Crippen LogP contribution in [0.2, 0.25) is 0 Å². The van der Waals surface area contributed by atoms with Crippen molar-refractivity contribution in [2.24, 2.45) is 0 Å². The van der Waals surface area contributed by atoms with Crippen LogP contribution in [0.15, 0.2) is 16.9 Å². The summed E-state index contributed by atoms with van der Waals surface area (Å²) in [5.74, 6) is -0.300. The van der Waals surface area contributed by atoms with Crippen molar-refractivity contribution < 1.29 is 13.7 Å². The first-order valence-electron chi connectivity index (χ1n) is 4.11. The SMILES string of the molecule is O=C(N[C@H]1C[C@@H](F)C1)c1ccon1. The molecule has 0 bridgehead atoms. The molecular weight excluding hydrogens is 175 g/mol. The van der Waals surface area contributed by atoms with E-state index in [4.69, 9.17) is 0 Å². The second kappa shape index (κ2) is 3.16. The van der Waals surface area contributed by atoms with Crippen LogP contribution in [-0.2, 0) is 0 Å². The molecule has 70 valence electrons. The molecule has 1 N–H and O–H groups in total. The van der Waals surface area contributed by atoms with Gasteiger partial charge in [-0.15, -0.1) is 0 Å². The Morgan fingerprint density at radius 1 is 1.69 bits per heavy atom. The average molecular weight is 184 g/mol. The number of alkyl halides is 1. The zero-order chi connectivity index (χ0) is 9.26. The molecule has 13 heavy (non-hydrogen) atoms. The van der Waals surface area contributed by atoms with Crippen molar-refractivity contribution in [2.45, 2.75) is 25.1 Å². The highest BCUT2D eigenvalue weighted by Crippen LogP contribution is 2.23. The van der Waals surface area contributed by atoms with Gasteiger partial charge in [-0.1, -0.05) is 5.16 Å². The number of rotatable bonds is 2. The summed E-state index contributed by atoms with van der Waals surface area (Å²) < 4.78 is 16.9. The van der Waals surface area contributed by atoms with Crippen molar-refractivity contribution in [2.75, 3.05) is 0 Å². The maximum Gasteiger partial charge on any atom is 0.273 e. The first-order valence-corrected chi connectivity index (χ1v) is 4.11. The van der Waals surface area contributed by atoms with E-state index in [9.17, 15) is 9.18 Å². The number of carbonyl (C=O) groups is 1. The van der Waals surface area contributed by atoms with Crippen LogP contribution in [-0.4, -0.2) is 23.3 Å². The minimum Gasteiger partial charge on any atom is -0.364 e. The van der Waals surface area contributed by atoms with E-state index >= 15 is 0 Å². The van der Waals surface area contributed by atoms with Crippen LogP contribution in [0.3, 0.4) is 0 Å². The van der Waals surface area contributed by atoms with Crippen LogP contribution in [0.4, 0.5) is 4.39 Å². The minimum absolute atomic E-state index is 0.0424. The van der Waals surface area contributed by atoms with Crippen LogP contribution in [0.5, 0.6) is 0 Å². The molecule has 0 spiro atoms. The zero-order valence-corrected chi connectivity index (χ0v) is 6.87. The highest BCUT2D eigenvalue weighted by Gasteiger charge is 2.30. The number of amides is 1. The third kappa shape index (κ3) is 1.68. The Bertz CT molecular complexity index is 293. The quantitative estimate of drug-likeness (QED) is 0.743. The lowest BCUT2D eigenvalue weighted by atomic mass is 9.91. The lowest BCUT2D eigenvalue weighted by molar-refractivity contribution is 0.0851. The van der Waals surface area contributed by atoms with Gasteiger partial charge < -0.3 is 9.84 Å². The smallest absolute Gasteiger partial charge is 0.273 e. The van der Waals surface area contributed by atoms with Crippen molar-refractivity contribution >= 4 is 5.91 Å².